The maximum absolute atomic E-state index is 5.50. The number of rotatable bonds is 5. The number of para-hydroxylation sites is 1. The minimum atomic E-state index is 0.637. The van der Waals surface area contributed by atoms with Crippen molar-refractivity contribution in [3.05, 3.63) is 41.9 Å². The minimum absolute atomic E-state index is 0.637. The molecule has 0 aliphatic rings. The van der Waals surface area contributed by atoms with E-state index in [9.17, 15) is 0 Å². The average Bonchev–Trinajstić information content (AvgIpc) is 3.07. The Kier molecular flexibility index (Phi) is 3.39. The third kappa shape index (κ3) is 2.50. The van der Waals surface area contributed by atoms with Crippen LogP contribution in [0.2, 0.25) is 0 Å². The van der Waals surface area contributed by atoms with Gasteiger partial charge in [-0.05, 0) is 6.07 Å². The van der Waals surface area contributed by atoms with Crippen LogP contribution in [0, 0.1) is 0 Å². The van der Waals surface area contributed by atoms with Crippen molar-refractivity contribution in [2.75, 3.05) is 19.0 Å². The number of hydrogen-bond donors (Lipinski definition) is 2. The summed E-state index contributed by atoms with van der Waals surface area (Å²) in [6, 6.07) is 8.11. The standard InChI is InChI=1S/C14H17N5O/c1-19(2)14-16-12(17-18-14)9-15-8-11-5-3-4-10-6-7-20-13(10)11/h3-7,15H,8-9H2,1-2H3,(H,16,17,18). The molecule has 0 atom stereocenters. The second-order valence-corrected chi connectivity index (χ2v) is 4.84. The van der Waals surface area contributed by atoms with Crippen molar-refractivity contribution >= 4 is 16.9 Å². The highest BCUT2D eigenvalue weighted by molar-refractivity contribution is 5.80. The lowest BCUT2D eigenvalue weighted by Gasteiger charge is -2.04. The lowest BCUT2D eigenvalue weighted by Crippen LogP contribution is -2.14. The molecule has 0 spiro atoms. The Morgan fingerprint density at radius 2 is 2.15 bits per heavy atom. The molecule has 0 amide bonds. The van der Waals surface area contributed by atoms with Gasteiger partial charge in [0, 0.05) is 31.6 Å². The molecule has 0 bridgehead atoms. The van der Waals surface area contributed by atoms with E-state index in [0.29, 0.717) is 12.5 Å². The van der Waals surface area contributed by atoms with E-state index >= 15 is 0 Å². The van der Waals surface area contributed by atoms with Gasteiger partial charge in [-0.1, -0.05) is 18.2 Å². The summed E-state index contributed by atoms with van der Waals surface area (Å²) in [5.74, 6) is 1.51. The lowest BCUT2D eigenvalue weighted by molar-refractivity contribution is 0.600. The summed E-state index contributed by atoms with van der Waals surface area (Å²) < 4.78 is 5.50. The van der Waals surface area contributed by atoms with Crippen molar-refractivity contribution in [1.29, 1.82) is 0 Å². The number of nitrogens with one attached hydrogen (secondary N) is 2. The van der Waals surface area contributed by atoms with E-state index in [1.807, 2.05) is 37.2 Å². The summed E-state index contributed by atoms with van der Waals surface area (Å²) in [7, 11) is 3.83. The highest BCUT2D eigenvalue weighted by atomic mass is 16.3. The van der Waals surface area contributed by atoms with Crippen LogP contribution < -0.4 is 10.2 Å². The molecule has 104 valence electrons. The highest BCUT2D eigenvalue weighted by Crippen LogP contribution is 2.19. The van der Waals surface area contributed by atoms with Gasteiger partial charge < -0.3 is 14.6 Å². The normalized spacial score (nSPS) is 11.1. The first-order valence-electron chi connectivity index (χ1n) is 6.48. The van der Waals surface area contributed by atoms with Crippen LogP contribution >= 0.6 is 0 Å². The number of hydrogen-bond acceptors (Lipinski definition) is 5. The molecule has 0 saturated heterocycles. The SMILES string of the molecule is CN(C)c1n[nH]c(CNCc2cccc3ccoc23)n1. The van der Waals surface area contributed by atoms with Gasteiger partial charge in [0.15, 0.2) is 0 Å². The number of anilines is 1. The molecule has 3 aromatic rings. The van der Waals surface area contributed by atoms with Crippen molar-refractivity contribution in [2.24, 2.45) is 0 Å². The van der Waals surface area contributed by atoms with E-state index in [4.69, 9.17) is 4.42 Å². The molecule has 2 N–H and O–H groups in total. The summed E-state index contributed by atoms with van der Waals surface area (Å²) in [5, 5.41) is 11.5. The van der Waals surface area contributed by atoms with Gasteiger partial charge in [0.25, 0.3) is 0 Å². The Labute approximate surface area is 116 Å². The third-order valence-corrected chi connectivity index (χ3v) is 3.09. The number of aromatic nitrogens is 3. The maximum Gasteiger partial charge on any atom is 0.244 e. The van der Waals surface area contributed by atoms with E-state index in [1.165, 1.54) is 0 Å². The summed E-state index contributed by atoms with van der Waals surface area (Å²) >= 11 is 0. The molecule has 0 fully saturated rings. The van der Waals surface area contributed by atoms with Gasteiger partial charge >= 0.3 is 0 Å². The predicted octanol–water partition coefficient (Wildman–Crippen LogP) is 1.91. The molecule has 0 aliphatic carbocycles. The maximum atomic E-state index is 5.50. The minimum Gasteiger partial charge on any atom is -0.464 e. The number of benzene rings is 1. The van der Waals surface area contributed by atoms with Crippen LogP contribution in [-0.2, 0) is 13.1 Å². The molecule has 3 rings (SSSR count). The monoisotopic (exact) mass is 271 g/mol. The van der Waals surface area contributed by atoms with Crippen molar-refractivity contribution < 1.29 is 4.42 Å². The Balaban J connectivity index is 1.63. The second-order valence-electron chi connectivity index (χ2n) is 4.84. The zero-order valence-electron chi connectivity index (χ0n) is 11.6. The first-order chi connectivity index (χ1) is 9.74. The fourth-order valence-corrected chi connectivity index (χ4v) is 2.07. The Morgan fingerprint density at radius 1 is 1.25 bits per heavy atom. The Morgan fingerprint density at radius 3 is 2.95 bits per heavy atom. The molecule has 2 aromatic heterocycles. The summed E-state index contributed by atoms with van der Waals surface area (Å²) in [5.41, 5.74) is 2.08. The van der Waals surface area contributed by atoms with Gasteiger partial charge in [-0.3, -0.25) is 5.10 Å². The number of H-pyrrole nitrogens is 1. The van der Waals surface area contributed by atoms with Crippen LogP contribution in [0.4, 0.5) is 5.95 Å². The number of nitrogens with zero attached hydrogens (tertiary/aromatic N) is 3. The topological polar surface area (TPSA) is 70.0 Å². The molecule has 6 heteroatoms. The van der Waals surface area contributed by atoms with E-state index in [2.05, 4.69) is 26.6 Å². The fraction of sp³-hybridized carbons (Fsp3) is 0.286. The molecule has 0 radical (unpaired) electrons. The number of furan rings is 1. The van der Waals surface area contributed by atoms with Crippen molar-refractivity contribution in [3.8, 4) is 0 Å². The van der Waals surface area contributed by atoms with Gasteiger partial charge in [0.05, 0.1) is 12.8 Å². The van der Waals surface area contributed by atoms with E-state index in [-0.39, 0.29) is 0 Å². The average molecular weight is 271 g/mol. The van der Waals surface area contributed by atoms with Gasteiger partial charge in [-0.15, -0.1) is 5.10 Å². The van der Waals surface area contributed by atoms with Crippen LogP contribution in [0.1, 0.15) is 11.4 Å². The van der Waals surface area contributed by atoms with Gasteiger partial charge in [-0.2, -0.15) is 4.98 Å². The van der Waals surface area contributed by atoms with Crippen LogP contribution in [0.5, 0.6) is 0 Å². The summed E-state index contributed by atoms with van der Waals surface area (Å²) in [6.45, 7) is 1.36. The predicted molar refractivity (Wildman–Crippen MR) is 77.5 cm³/mol. The molecule has 0 aliphatic heterocycles. The van der Waals surface area contributed by atoms with E-state index in [1.54, 1.807) is 6.26 Å². The van der Waals surface area contributed by atoms with Crippen LogP contribution in [0.15, 0.2) is 34.9 Å². The first-order valence-corrected chi connectivity index (χ1v) is 6.48. The molecule has 0 saturated carbocycles. The van der Waals surface area contributed by atoms with Crippen molar-refractivity contribution in [3.63, 3.8) is 0 Å². The molecule has 2 heterocycles. The Hall–Kier alpha value is -2.34. The van der Waals surface area contributed by atoms with Gasteiger partial charge in [0.1, 0.15) is 11.4 Å². The number of fused-ring (bicyclic) bond motifs is 1. The van der Waals surface area contributed by atoms with Crippen molar-refractivity contribution in [1.82, 2.24) is 20.5 Å². The highest BCUT2D eigenvalue weighted by Gasteiger charge is 2.06. The van der Waals surface area contributed by atoms with Crippen molar-refractivity contribution in [2.45, 2.75) is 13.1 Å². The molecule has 0 unspecified atom stereocenters. The van der Waals surface area contributed by atoms with Gasteiger partial charge in [-0.25, -0.2) is 0 Å². The zero-order valence-corrected chi connectivity index (χ0v) is 11.6. The van der Waals surface area contributed by atoms with E-state index < -0.39 is 0 Å². The smallest absolute Gasteiger partial charge is 0.244 e. The van der Waals surface area contributed by atoms with Crippen LogP contribution in [0.3, 0.4) is 0 Å². The Bertz CT molecular complexity index is 700. The third-order valence-electron chi connectivity index (χ3n) is 3.09. The van der Waals surface area contributed by atoms with Crippen LogP contribution in [0.25, 0.3) is 11.0 Å². The zero-order chi connectivity index (χ0) is 13.9. The molecular formula is C14H17N5O. The lowest BCUT2D eigenvalue weighted by atomic mass is 10.1. The van der Waals surface area contributed by atoms with E-state index in [0.717, 1.165) is 28.9 Å². The summed E-state index contributed by atoms with van der Waals surface area (Å²) in [4.78, 5) is 6.23. The quantitative estimate of drug-likeness (QED) is 0.741. The van der Waals surface area contributed by atoms with Crippen LogP contribution in [-0.4, -0.2) is 29.3 Å². The molecule has 1 aromatic carbocycles. The molecule has 6 nitrogen and oxygen atoms in total. The fourth-order valence-electron chi connectivity index (χ4n) is 2.07. The van der Waals surface area contributed by atoms with Gasteiger partial charge in [0.2, 0.25) is 5.95 Å². The summed E-state index contributed by atoms with van der Waals surface area (Å²) in [6.07, 6.45) is 1.72. The molecule has 20 heavy (non-hydrogen) atoms. The molecular weight excluding hydrogens is 254 g/mol. The number of aromatic amines is 1. The largest absolute Gasteiger partial charge is 0.464 e. The first kappa shape index (κ1) is 12.7. The second kappa shape index (κ2) is 5.34.